The molecular weight excluding hydrogens is 273 g/mol. The number of ether oxygens (including phenoxy) is 2. The van der Waals surface area contributed by atoms with Crippen LogP contribution in [0.5, 0.6) is 0 Å². The highest BCUT2D eigenvalue weighted by molar-refractivity contribution is 5.68. The van der Waals surface area contributed by atoms with Gasteiger partial charge in [0.2, 0.25) is 0 Å². The van der Waals surface area contributed by atoms with Crippen LogP contribution in [0.4, 0.5) is 9.18 Å². The maximum atomic E-state index is 13.4. The number of hydrogen-bond donors (Lipinski definition) is 1. The Bertz CT molecular complexity index is 508. The molecule has 0 bridgehead atoms. The van der Waals surface area contributed by atoms with Crippen molar-refractivity contribution >= 4 is 6.09 Å². The maximum absolute atomic E-state index is 13.4. The zero-order valence-corrected chi connectivity index (χ0v) is 12.9. The lowest BCUT2D eigenvalue weighted by Gasteiger charge is -2.24. The van der Waals surface area contributed by atoms with Gasteiger partial charge in [0, 0.05) is 6.42 Å². The summed E-state index contributed by atoms with van der Waals surface area (Å²) in [7, 11) is 1.50. The number of nitrogens with one attached hydrogen (secondary N) is 1. The van der Waals surface area contributed by atoms with E-state index in [1.165, 1.54) is 19.2 Å². The zero-order valence-electron chi connectivity index (χ0n) is 12.9. The van der Waals surface area contributed by atoms with Gasteiger partial charge < -0.3 is 14.8 Å². The van der Waals surface area contributed by atoms with Crippen LogP contribution in [0.15, 0.2) is 36.6 Å². The van der Waals surface area contributed by atoms with E-state index in [1.54, 1.807) is 32.9 Å². The van der Waals surface area contributed by atoms with Gasteiger partial charge in [0.05, 0.1) is 18.9 Å². The minimum absolute atomic E-state index is 0.333. The molecule has 1 rings (SSSR count). The van der Waals surface area contributed by atoms with Crippen LogP contribution in [0.3, 0.4) is 0 Å². The van der Waals surface area contributed by atoms with E-state index in [4.69, 9.17) is 9.47 Å². The fourth-order valence-electron chi connectivity index (χ4n) is 1.74. The number of alkyl carbamates (subject to hydrolysis) is 1. The SMILES string of the molecule is C=C(CC(NC(=O)OC(C)(C)C)c1cccc(F)c1)OC. The Labute approximate surface area is 124 Å². The third kappa shape index (κ3) is 6.29. The monoisotopic (exact) mass is 295 g/mol. The molecule has 1 aromatic carbocycles. The van der Waals surface area contributed by atoms with E-state index in [0.717, 1.165) is 0 Å². The molecule has 0 heterocycles. The van der Waals surface area contributed by atoms with E-state index in [1.807, 2.05) is 0 Å². The molecule has 0 spiro atoms. The highest BCUT2D eigenvalue weighted by Gasteiger charge is 2.21. The summed E-state index contributed by atoms with van der Waals surface area (Å²) in [5.41, 5.74) is 0.0218. The van der Waals surface area contributed by atoms with Crippen LogP contribution in [0, 0.1) is 5.82 Å². The van der Waals surface area contributed by atoms with Gasteiger partial charge in [-0.2, -0.15) is 0 Å². The van der Waals surface area contributed by atoms with Crippen molar-refractivity contribution in [2.24, 2.45) is 0 Å². The van der Waals surface area contributed by atoms with E-state index in [-0.39, 0.29) is 5.82 Å². The second kappa shape index (κ2) is 7.11. The van der Waals surface area contributed by atoms with Crippen LogP contribution < -0.4 is 5.32 Å². The lowest BCUT2D eigenvalue weighted by molar-refractivity contribution is 0.0500. The molecule has 1 unspecified atom stereocenters. The van der Waals surface area contributed by atoms with Gasteiger partial charge in [0.15, 0.2) is 0 Å². The van der Waals surface area contributed by atoms with Gasteiger partial charge in [-0.3, -0.25) is 0 Å². The second-order valence-electron chi connectivity index (χ2n) is 5.70. The number of carbonyl (C=O) groups excluding carboxylic acids is 1. The molecule has 1 amide bonds. The molecule has 21 heavy (non-hydrogen) atoms. The van der Waals surface area contributed by atoms with Gasteiger partial charge in [0.25, 0.3) is 0 Å². The van der Waals surface area contributed by atoms with E-state index in [2.05, 4.69) is 11.9 Å². The van der Waals surface area contributed by atoms with Gasteiger partial charge in [0.1, 0.15) is 11.4 Å². The summed E-state index contributed by atoms with van der Waals surface area (Å²) < 4.78 is 23.6. The van der Waals surface area contributed by atoms with Crippen molar-refractivity contribution in [3.05, 3.63) is 48.0 Å². The summed E-state index contributed by atoms with van der Waals surface area (Å²) in [5, 5.41) is 2.71. The molecule has 1 aromatic rings. The Morgan fingerprint density at radius 1 is 1.43 bits per heavy atom. The average molecular weight is 295 g/mol. The molecule has 0 saturated carbocycles. The normalized spacial score (nSPS) is 12.4. The Balaban J connectivity index is 2.87. The van der Waals surface area contributed by atoms with E-state index in [0.29, 0.717) is 17.7 Å². The van der Waals surface area contributed by atoms with Gasteiger partial charge in [-0.15, -0.1) is 0 Å². The fourth-order valence-corrected chi connectivity index (χ4v) is 1.74. The summed E-state index contributed by atoms with van der Waals surface area (Å²) in [6, 6.07) is 5.56. The second-order valence-corrected chi connectivity index (χ2v) is 5.70. The number of halogens is 1. The summed E-state index contributed by atoms with van der Waals surface area (Å²) >= 11 is 0. The van der Waals surface area contributed by atoms with Crippen molar-refractivity contribution in [3.8, 4) is 0 Å². The molecule has 0 fully saturated rings. The van der Waals surface area contributed by atoms with Crippen LogP contribution in [-0.2, 0) is 9.47 Å². The lowest BCUT2D eigenvalue weighted by Crippen LogP contribution is -2.35. The zero-order chi connectivity index (χ0) is 16.0. The first-order valence-electron chi connectivity index (χ1n) is 6.68. The van der Waals surface area contributed by atoms with Crippen molar-refractivity contribution in [3.63, 3.8) is 0 Å². The molecule has 1 N–H and O–H groups in total. The maximum Gasteiger partial charge on any atom is 0.408 e. The van der Waals surface area contributed by atoms with Crippen LogP contribution in [0.25, 0.3) is 0 Å². The minimum atomic E-state index is -0.602. The summed E-state index contributed by atoms with van der Waals surface area (Å²) in [4.78, 5) is 11.9. The van der Waals surface area contributed by atoms with Crippen LogP contribution in [-0.4, -0.2) is 18.8 Å². The van der Waals surface area contributed by atoms with E-state index < -0.39 is 17.7 Å². The van der Waals surface area contributed by atoms with Crippen molar-refractivity contribution in [2.45, 2.75) is 38.8 Å². The number of rotatable bonds is 5. The fraction of sp³-hybridized carbons (Fsp3) is 0.438. The summed E-state index contributed by atoms with van der Waals surface area (Å²) in [6.45, 7) is 9.06. The largest absolute Gasteiger partial charge is 0.502 e. The highest BCUT2D eigenvalue weighted by atomic mass is 19.1. The Kier molecular flexibility index (Phi) is 5.76. The van der Waals surface area contributed by atoms with Gasteiger partial charge in [-0.05, 0) is 38.5 Å². The van der Waals surface area contributed by atoms with Crippen molar-refractivity contribution in [2.75, 3.05) is 7.11 Å². The van der Waals surface area contributed by atoms with Gasteiger partial charge >= 0.3 is 6.09 Å². The molecule has 116 valence electrons. The molecule has 0 aliphatic carbocycles. The Hall–Kier alpha value is -2.04. The highest BCUT2D eigenvalue weighted by Crippen LogP contribution is 2.22. The quantitative estimate of drug-likeness (QED) is 0.837. The van der Waals surface area contributed by atoms with Crippen molar-refractivity contribution in [1.82, 2.24) is 5.32 Å². The van der Waals surface area contributed by atoms with Crippen LogP contribution in [0.2, 0.25) is 0 Å². The Morgan fingerprint density at radius 2 is 2.10 bits per heavy atom. The standard InChI is InChI=1S/C16H22FNO3/c1-11(20-5)9-14(12-7-6-8-13(17)10-12)18-15(19)21-16(2,3)4/h6-8,10,14H,1,9H2,2-5H3,(H,18,19). The third-order valence-corrected chi connectivity index (χ3v) is 2.66. The molecule has 0 aliphatic heterocycles. The number of benzene rings is 1. The van der Waals surface area contributed by atoms with Crippen LogP contribution in [0.1, 0.15) is 38.8 Å². The predicted octanol–water partition coefficient (Wildman–Crippen LogP) is 3.94. The van der Waals surface area contributed by atoms with E-state index >= 15 is 0 Å². The summed E-state index contributed by atoms with van der Waals surface area (Å²) in [6.07, 6.45) is -0.236. The smallest absolute Gasteiger partial charge is 0.408 e. The molecule has 1 atom stereocenters. The van der Waals surface area contributed by atoms with Gasteiger partial charge in [-0.1, -0.05) is 18.7 Å². The first-order chi connectivity index (χ1) is 9.71. The Morgan fingerprint density at radius 3 is 2.62 bits per heavy atom. The van der Waals surface area contributed by atoms with Crippen molar-refractivity contribution in [1.29, 1.82) is 0 Å². The number of amides is 1. The molecule has 4 nitrogen and oxygen atoms in total. The minimum Gasteiger partial charge on any atom is -0.502 e. The third-order valence-electron chi connectivity index (χ3n) is 2.66. The van der Waals surface area contributed by atoms with Crippen LogP contribution >= 0.6 is 0 Å². The molecule has 0 radical (unpaired) electrons. The topological polar surface area (TPSA) is 47.6 Å². The number of methoxy groups -OCH3 is 1. The predicted molar refractivity (Wildman–Crippen MR) is 79.3 cm³/mol. The lowest BCUT2D eigenvalue weighted by atomic mass is 10.0. The number of carbonyl (C=O) groups is 1. The average Bonchev–Trinajstić information content (AvgIpc) is 2.35. The first kappa shape index (κ1) is 17.0. The molecule has 5 heteroatoms. The van der Waals surface area contributed by atoms with Gasteiger partial charge in [-0.25, -0.2) is 9.18 Å². The number of hydrogen-bond acceptors (Lipinski definition) is 3. The molecular formula is C16H22FNO3. The first-order valence-corrected chi connectivity index (χ1v) is 6.68. The molecule has 0 saturated heterocycles. The van der Waals surface area contributed by atoms with Crippen molar-refractivity contribution < 1.29 is 18.7 Å². The van der Waals surface area contributed by atoms with E-state index in [9.17, 15) is 9.18 Å². The molecule has 0 aromatic heterocycles. The summed E-state index contributed by atoms with van der Waals surface area (Å²) in [5.74, 6) is 0.117. The molecule has 0 aliphatic rings.